The van der Waals surface area contributed by atoms with Crippen molar-refractivity contribution in [3.8, 4) is 5.75 Å². The molecule has 28 heavy (non-hydrogen) atoms. The maximum atomic E-state index is 12.6. The van der Waals surface area contributed by atoms with Crippen LogP contribution < -0.4 is 4.74 Å². The summed E-state index contributed by atoms with van der Waals surface area (Å²) in [4.78, 5) is 12.6. The van der Waals surface area contributed by atoms with Gasteiger partial charge in [0.15, 0.2) is 10.9 Å². The van der Waals surface area contributed by atoms with Crippen molar-refractivity contribution in [3.63, 3.8) is 0 Å². The van der Waals surface area contributed by atoms with E-state index in [2.05, 4.69) is 14.9 Å². The van der Waals surface area contributed by atoms with Gasteiger partial charge in [-0.3, -0.25) is 4.79 Å². The van der Waals surface area contributed by atoms with Crippen molar-refractivity contribution in [2.24, 2.45) is 7.05 Å². The molecule has 0 aliphatic heterocycles. The fourth-order valence-electron chi connectivity index (χ4n) is 2.67. The molecule has 0 amide bonds. The minimum Gasteiger partial charge on any atom is -0.434 e. The summed E-state index contributed by atoms with van der Waals surface area (Å²) in [7, 11) is 1.84. The van der Waals surface area contributed by atoms with Gasteiger partial charge in [-0.05, 0) is 24.6 Å². The number of ketones is 1. The fraction of sp³-hybridized carbons (Fsp3) is 0.250. The molecule has 3 aromatic rings. The molecule has 0 saturated carbocycles. The molecule has 1 aromatic heterocycles. The minimum atomic E-state index is -2.99. The monoisotopic (exact) mass is 403 g/mol. The van der Waals surface area contributed by atoms with Crippen molar-refractivity contribution in [3.05, 3.63) is 71.0 Å². The number of hydrogen-bond acceptors (Lipinski definition) is 5. The third-order valence-corrected chi connectivity index (χ3v) is 5.13. The van der Waals surface area contributed by atoms with Gasteiger partial charge in [0.25, 0.3) is 0 Å². The van der Waals surface area contributed by atoms with Crippen LogP contribution in [0.5, 0.6) is 5.75 Å². The average molecular weight is 403 g/mol. The second-order valence-corrected chi connectivity index (χ2v) is 7.15. The van der Waals surface area contributed by atoms with Crippen LogP contribution in [0.15, 0.2) is 53.7 Å². The van der Waals surface area contributed by atoms with Gasteiger partial charge in [0, 0.05) is 13.5 Å². The molecule has 0 bridgehead atoms. The highest BCUT2D eigenvalue weighted by Gasteiger charge is 2.18. The smallest absolute Gasteiger partial charge is 0.387 e. The minimum absolute atomic E-state index is 0.0420. The normalized spacial score (nSPS) is 11.0. The molecule has 146 valence electrons. The number of hydrogen-bond donors (Lipinski definition) is 0. The molecule has 0 unspecified atom stereocenters. The first-order valence-electron chi connectivity index (χ1n) is 8.57. The molecule has 0 atom stereocenters. The Morgan fingerprint density at radius 2 is 1.93 bits per heavy atom. The second kappa shape index (κ2) is 8.97. The largest absolute Gasteiger partial charge is 0.434 e. The Kier molecular flexibility index (Phi) is 6.41. The van der Waals surface area contributed by atoms with Gasteiger partial charge < -0.3 is 9.30 Å². The van der Waals surface area contributed by atoms with Crippen LogP contribution in [-0.4, -0.2) is 32.9 Å². The van der Waals surface area contributed by atoms with Gasteiger partial charge in [-0.15, -0.1) is 10.2 Å². The highest BCUT2D eigenvalue weighted by atomic mass is 32.2. The second-order valence-electron chi connectivity index (χ2n) is 6.21. The van der Waals surface area contributed by atoms with Gasteiger partial charge in [0.1, 0.15) is 11.6 Å². The van der Waals surface area contributed by atoms with E-state index in [1.807, 2.05) is 41.9 Å². The van der Waals surface area contributed by atoms with Crippen molar-refractivity contribution in [2.45, 2.75) is 25.1 Å². The van der Waals surface area contributed by atoms with Crippen LogP contribution in [0.3, 0.4) is 0 Å². The number of thioether (sulfide) groups is 1. The van der Waals surface area contributed by atoms with E-state index in [1.54, 1.807) is 19.1 Å². The summed E-state index contributed by atoms with van der Waals surface area (Å²) < 4.78 is 31.5. The number of halogens is 2. The Balaban J connectivity index is 1.69. The van der Waals surface area contributed by atoms with Crippen molar-refractivity contribution in [1.29, 1.82) is 0 Å². The predicted octanol–water partition coefficient (Wildman–Crippen LogP) is 4.29. The van der Waals surface area contributed by atoms with Crippen LogP contribution >= 0.6 is 11.8 Å². The molecule has 8 heteroatoms. The quantitative estimate of drug-likeness (QED) is 0.415. The van der Waals surface area contributed by atoms with Gasteiger partial charge in [0.05, 0.1) is 11.3 Å². The Bertz CT molecular complexity index is 961. The summed E-state index contributed by atoms with van der Waals surface area (Å²) in [5.74, 6) is 0.393. The van der Waals surface area contributed by atoms with E-state index in [9.17, 15) is 13.6 Å². The third kappa shape index (κ3) is 4.95. The molecule has 0 fully saturated rings. The van der Waals surface area contributed by atoms with Crippen molar-refractivity contribution < 1.29 is 18.3 Å². The molecule has 0 N–H and O–H groups in total. The zero-order chi connectivity index (χ0) is 20.1. The first-order valence-corrected chi connectivity index (χ1v) is 9.56. The van der Waals surface area contributed by atoms with E-state index in [-0.39, 0.29) is 22.8 Å². The summed E-state index contributed by atoms with van der Waals surface area (Å²) >= 11 is 1.21. The van der Waals surface area contributed by atoms with Gasteiger partial charge in [-0.25, -0.2) is 0 Å². The topological polar surface area (TPSA) is 57.0 Å². The maximum absolute atomic E-state index is 12.6. The lowest BCUT2D eigenvalue weighted by atomic mass is 10.1. The summed E-state index contributed by atoms with van der Waals surface area (Å²) in [6.45, 7) is -1.20. The van der Waals surface area contributed by atoms with Crippen LogP contribution in [0.4, 0.5) is 8.78 Å². The van der Waals surface area contributed by atoms with E-state index >= 15 is 0 Å². The summed E-state index contributed by atoms with van der Waals surface area (Å²) in [6.07, 6.45) is 0.628. The van der Waals surface area contributed by atoms with Crippen LogP contribution in [-0.2, 0) is 13.5 Å². The van der Waals surface area contributed by atoms with E-state index in [0.717, 1.165) is 17.0 Å². The molecule has 2 aromatic carbocycles. The predicted molar refractivity (Wildman–Crippen MR) is 103 cm³/mol. The zero-order valence-corrected chi connectivity index (χ0v) is 16.2. The molecule has 5 nitrogen and oxygen atoms in total. The fourth-order valence-corrected chi connectivity index (χ4v) is 3.48. The first-order chi connectivity index (χ1) is 13.4. The van der Waals surface area contributed by atoms with Crippen LogP contribution in [0, 0.1) is 6.92 Å². The number of carbonyl (C=O) groups excluding carboxylic acids is 1. The lowest BCUT2D eigenvalue weighted by molar-refractivity contribution is -0.0501. The van der Waals surface area contributed by atoms with E-state index in [4.69, 9.17) is 0 Å². The number of aromatic nitrogens is 3. The Morgan fingerprint density at radius 3 is 2.64 bits per heavy atom. The van der Waals surface area contributed by atoms with E-state index < -0.39 is 6.61 Å². The zero-order valence-electron chi connectivity index (χ0n) is 15.4. The van der Waals surface area contributed by atoms with Crippen LogP contribution in [0.25, 0.3) is 0 Å². The van der Waals surface area contributed by atoms with Gasteiger partial charge >= 0.3 is 6.61 Å². The van der Waals surface area contributed by atoms with E-state index in [0.29, 0.717) is 11.6 Å². The molecule has 0 saturated heterocycles. The van der Waals surface area contributed by atoms with Crippen molar-refractivity contribution in [2.75, 3.05) is 5.75 Å². The van der Waals surface area contributed by atoms with Crippen LogP contribution in [0.2, 0.25) is 0 Å². The van der Waals surface area contributed by atoms with E-state index in [1.165, 1.54) is 17.8 Å². The molecule has 3 rings (SSSR count). The van der Waals surface area contributed by atoms with Crippen molar-refractivity contribution >= 4 is 17.5 Å². The van der Waals surface area contributed by atoms with Gasteiger partial charge in [-0.1, -0.05) is 53.7 Å². The SMILES string of the molecule is Cc1ccc(OC(F)F)c(C(=O)CSc2nnc(Cc3ccccc3)n2C)c1. The molecule has 1 heterocycles. The Morgan fingerprint density at radius 1 is 1.18 bits per heavy atom. The summed E-state index contributed by atoms with van der Waals surface area (Å²) in [6, 6.07) is 14.4. The molecule has 0 spiro atoms. The number of nitrogens with zero attached hydrogens (tertiary/aromatic N) is 3. The molecule has 0 aliphatic carbocycles. The lowest BCUT2D eigenvalue weighted by Gasteiger charge is -2.10. The molecular formula is C20H19F2N3O2S. The highest BCUT2D eigenvalue weighted by molar-refractivity contribution is 7.99. The number of benzene rings is 2. The average Bonchev–Trinajstić information content (AvgIpc) is 3.01. The summed E-state index contributed by atoms with van der Waals surface area (Å²) in [5, 5.41) is 8.91. The maximum Gasteiger partial charge on any atom is 0.387 e. The Labute approximate surface area is 165 Å². The first kappa shape index (κ1) is 20.0. The highest BCUT2D eigenvalue weighted by Crippen LogP contribution is 2.25. The van der Waals surface area contributed by atoms with Gasteiger partial charge in [-0.2, -0.15) is 8.78 Å². The standard InChI is InChI=1S/C20H19F2N3O2S/c1-13-8-9-17(27-19(21)22)15(10-13)16(26)12-28-20-24-23-18(25(20)2)11-14-6-4-3-5-7-14/h3-10,19H,11-12H2,1-2H3. The number of alkyl halides is 2. The number of Topliss-reactive ketones (excluding diaryl/α,β-unsaturated/α-hetero) is 1. The van der Waals surface area contributed by atoms with Gasteiger partial charge in [0.2, 0.25) is 0 Å². The molecule has 0 radical (unpaired) electrons. The number of aryl methyl sites for hydroxylation is 1. The Hall–Kier alpha value is -2.74. The number of carbonyl (C=O) groups is 1. The summed E-state index contributed by atoms with van der Waals surface area (Å²) in [5.41, 5.74) is 2.04. The molecular weight excluding hydrogens is 384 g/mol. The van der Waals surface area contributed by atoms with Crippen LogP contribution in [0.1, 0.15) is 27.3 Å². The molecule has 0 aliphatic rings. The lowest BCUT2D eigenvalue weighted by Crippen LogP contribution is -2.10. The third-order valence-electron chi connectivity index (χ3n) is 4.11. The number of rotatable bonds is 8. The van der Waals surface area contributed by atoms with Crippen molar-refractivity contribution in [1.82, 2.24) is 14.8 Å². The number of ether oxygens (including phenoxy) is 1.